The summed E-state index contributed by atoms with van der Waals surface area (Å²) in [6.45, 7) is 2.36. The van der Waals surface area contributed by atoms with Crippen LogP contribution in [0.5, 0.6) is 0 Å². The molecule has 0 bridgehead atoms. The van der Waals surface area contributed by atoms with Crippen LogP contribution in [-0.2, 0) is 7.05 Å². The second-order valence-corrected chi connectivity index (χ2v) is 4.42. The largest absolute Gasteiger partial charge is 0.348 e. The van der Waals surface area contributed by atoms with Crippen molar-refractivity contribution in [3.63, 3.8) is 0 Å². The van der Waals surface area contributed by atoms with Crippen molar-refractivity contribution in [1.29, 1.82) is 0 Å². The fraction of sp³-hybridized carbons (Fsp3) is 0.583. The molecule has 0 fully saturated rings. The van der Waals surface area contributed by atoms with Crippen molar-refractivity contribution in [1.82, 2.24) is 14.9 Å². The molecule has 0 aliphatic rings. The summed E-state index contributed by atoms with van der Waals surface area (Å²) in [6.07, 6.45) is 3.86. The normalized spacial score (nSPS) is 12.2. The van der Waals surface area contributed by atoms with E-state index in [1.807, 2.05) is 6.92 Å². The molecular weight excluding hydrogens is 248 g/mol. The van der Waals surface area contributed by atoms with Crippen molar-refractivity contribution in [3.8, 4) is 0 Å². The molecule has 0 aromatic carbocycles. The lowest BCUT2D eigenvalue weighted by atomic mass is 10.1. The lowest BCUT2D eigenvalue weighted by molar-refractivity contribution is 0.0933. The highest BCUT2D eigenvalue weighted by atomic mass is 16.2. The van der Waals surface area contributed by atoms with Crippen LogP contribution in [-0.4, -0.2) is 28.0 Å². The number of nitrogens with zero attached hydrogens (tertiary/aromatic N) is 1. The van der Waals surface area contributed by atoms with Gasteiger partial charge in [-0.1, -0.05) is 19.8 Å². The third-order valence-electron chi connectivity index (χ3n) is 2.95. The summed E-state index contributed by atoms with van der Waals surface area (Å²) in [4.78, 5) is 37.3. The summed E-state index contributed by atoms with van der Waals surface area (Å²) >= 11 is 0. The number of nitrogens with two attached hydrogens (primary N) is 1. The summed E-state index contributed by atoms with van der Waals surface area (Å²) in [6, 6.07) is -0.163. The summed E-state index contributed by atoms with van der Waals surface area (Å²) < 4.78 is 0.860. The smallest absolute Gasteiger partial charge is 0.328 e. The molecule has 0 aliphatic carbocycles. The lowest BCUT2D eigenvalue weighted by Crippen LogP contribution is -2.44. The summed E-state index contributed by atoms with van der Waals surface area (Å²) in [5, 5.41) is 2.71. The number of amides is 1. The predicted molar refractivity (Wildman–Crippen MR) is 72.1 cm³/mol. The number of aromatic amines is 1. The standard InChI is InChI=1S/C12H20N4O3/c1-3-4-5-8(6-13)15-10(17)9-7-14-12(19)16(2)11(9)18/h7-8H,3-6,13H2,1-2H3,(H,14,19)(H,15,17). The number of hydrogen-bond donors (Lipinski definition) is 3. The van der Waals surface area contributed by atoms with Crippen LogP contribution in [0.1, 0.15) is 36.5 Å². The van der Waals surface area contributed by atoms with E-state index in [2.05, 4.69) is 10.3 Å². The maximum Gasteiger partial charge on any atom is 0.328 e. The molecule has 0 aliphatic heterocycles. The van der Waals surface area contributed by atoms with Crippen LogP contribution < -0.4 is 22.3 Å². The van der Waals surface area contributed by atoms with Gasteiger partial charge in [0.05, 0.1) is 0 Å². The Kier molecular flexibility index (Phi) is 5.50. The van der Waals surface area contributed by atoms with E-state index in [1.54, 1.807) is 0 Å². The fourth-order valence-electron chi connectivity index (χ4n) is 1.69. The van der Waals surface area contributed by atoms with Crippen LogP contribution >= 0.6 is 0 Å². The molecule has 1 aromatic heterocycles. The molecule has 1 amide bonds. The Morgan fingerprint density at radius 1 is 1.53 bits per heavy atom. The first-order valence-electron chi connectivity index (χ1n) is 6.30. The summed E-state index contributed by atoms with van der Waals surface area (Å²) in [7, 11) is 1.31. The molecule has 106 valence electrons. The molecule has 0 spiro atoms. The zero-order valence-corrected chi connectivity index (χ0v) is 11.2. The molecule has 7 nitrogen and oxygen atoms in total. The molecule has 19 heavy (non-hydrogen) atoms. The number of carbonyl (C=O) groups is 1. The molecule has 0 radical (unpaired) electrons. The maximum atomic E-state index is 12.0. The Morgan fingerprint density at radius 2 is 2.21 bits per heavy atom. The highest BCUT2D eigenvalue weighted by molar-refractivity contribution is 5.93. The lowest BCUT2D eigenvalue weighted by Gasteiger charge is -2.16. The van der Waals surface area contributed by atoms with Crippen molar-refractivity contribution in [2.24, 2.45) is 12.8 Å². The number of nitrogens with one attached hydrogen (secondary N) is 2. The molecule has 0 saturated heterocycles. The molecule has 1 rings (SSSR count). The van der Waals surface area contributed by atoms with E-state index in [4.69, 9.17) is 5.73 Å². The van der Waals surface area contributed by atoms with E-state index in [0.29, 0.717) is 6.54 Å². The van der Waals surface area contributed by atoms with Gasteiger partial charge in [-0.25, -0.2) is 4.79 Å². The van der Waals surface area contributed by atoms with Crippen LogP contribution in [0.3, 0.4) is 0 Å². The Balaban J connectivity index is 2.86. The van der Waals surface area contributed by atoms with E-state index < -0.39 is 17.2 Å². The monoisotopic (exact) mass is 268 g/mol. The van der Waals surface area contributed by atoms with Gasteiger partial charge in [0.15, 0.2) is 0 Å². The average molecular weight is 268 g/mol. The number of carbonyl (C=O) groups excluding carboxylic acids is 1. The first kappa shape index (κ1) is 15.2. The van der Waals surface area contributed by atoms with Gasteiger partial charge in [0.1, 0.15) is 5.56 Å². The second-order valence-electron chi connectivity index (χ2n) is 4.42. The van der Waals surface area contributed by atoms with Crippen LogP contribution in [0.15, 0.2) is 15.8 Å². The molecule has 1 unspecified atom stereocenters. The fourth-order valence-corrected chi connectivity index (χ4v) is 1.69. The van der Waals surface area contributed by atoms with Crippen LogP contribution in [0.25, 0.3) is 0 Å². The summed E-state index contributed by atoms with van der Waals surface area (Å²) in [5.41, 5.74) is 4.32. The molecule has 7 heteroatoms. The predicted octanol–water partition coefficient (Wildman–Crippen LogP) is -0.679. The minimum atomic E-state index is -0.618. The van der Waals surface area contributed by atoms with Gasteiger partial charge in [-0.15, -0.1) is 0 Å². The highest BCUT2D eigenvalue weighted by Crippen LogP contribution is 2.00. The van der Waals surface area contributed by atoms with E-state index in [1.165, 1.54) is 7.05 Å². The van der Waals surface area contributed by atoms with Gasteiger partial charge in [0.25, 0.3) is 11.5 Å². The zero-order valence-electron chi connectivity index (χ0n) is 11.2. The van der Waals surface area contributed by atoms with Crippen LogP contribution in [0.2, 0.25) is 0 Å². The third kappa shape index (κ3) is 3.78. The summed E-state index contributed by atoms with van der Waals surface area (Å²) in [5.74, 6) is -0.511. The first-order valence-corrected chi connectivity index (χ1v) is 6.30. The van der Waals surface area contributed by atoms with E-state index in [-0.39, 0.29) is 11.6 Å². The van der Waals surface area contributed by atoms with Gasteiger partial charge in [0.2, 0.25) is 0 Å². The minimum absolute atomic E-state index is 0.0861. The molecule has 1 atom stereocenters. The van der Waals surface area contributed by atoms with Gasteiger partial charge in [0, 0.05) is 25.8 Å². The van der Waals surface area contributed by atoms with Gasteiger partial charge >= 0.3 is 5.69 Å². The van der Waals surface area contributed by atoms with Gasteiger partial charge in [-0.2, -0.15) is 0 Å². The SMILES string of the molecule is CCCCC(CN)NC(=O)c1c[nH]c(=O)n(C)c1=O. The van der Waals surface area contributed by atoms with Gasteiger partial charge < -0.3 is 16.0 Å². The van der Waals surface area contributed by atoms with Gasteiger partial charge in [-0.3, -0.25) is 14.2 Å². The topological polar surface area (TPSA) is 110 Å². The minimum Gasteiger partial charge on any atom is -0.348 e. The third-order valence-corrected chi connectivity index (χ3v) is 2.95. The van der Waals surface area contributed by atoms with Crippen molar-refractivity contribution in [2.45, 2.75) is 32.2 Å². The number of hydrogen-bond acceptors (Lipinski definition) is 4. The zero-order chi connectivity index (χ0) is 14.4. The Bertz CT molecular complexity index is 547. The van der Waals surface area contributed by atoms with Crippen molar-refractivity contribution < 1.29 is 4.79 Å². The van der Waals surface area contributed by atoms with Gasteiger partial charge in [-0.05, 0) is 6.42 Å². The number of aromatic nitrogens is 2. The van der Waals surface area contributed by atoms with E-state index in [0.717, 1.165) is 30.0 Å². The van der Waals surface area contributed by atoms with Crippen LogP contribution in [0.4, 0.5) is 0 Å². The molecular formula is C12H20N4O3. The molecule has 0 saturated carbocycles. The van der Waals surface area contributed by atoms with Crippen LogP contribution in [0, 0.1) is 0 Å². The van der Waals surface area contributed by atoms with E-state index in [9.17, 15) is 14.4 Å². The van der Waals surface area contributed by atoms with Crippen molar-refractivity contribution >= 4 is 5.91 Å². The molecule has 1 heterocycles. The maximum absolute atomic E-state index is 12.0. The quantitative estimate of drug-likeness (QED) is 0.635. The Morgan fingerprint density at radius 3 is 2.79 bits per heavy atom. The number of rotatable bonds is 6. The van der Waals surface area contributed by atoms with Crippen molar-refractivity contribution in [3.05, 3.63) is 32.6 Å². The average Bonchev–Trinajstić information content (AvgIpc) is 2.40. The Labute approximate surface area is 110 Å². The highest BCUT2D eigenvalue weighted by Gasteiger charge is 2.16. The Hall–Kier alpha value is -1.89. The first-order chi connectivity index (χ1) is 9.01. The number of unbranched alkanes of at least 4 members (excludes halogenated alkanes) is 1. The van der Waals surface area contributed by atoms with E-state index >= 15 is 0 Å². The van der Waals surface area contributed by atoms with Crippen molar-refractivity contribution in [2.75, 3.05) is 6.54 Å². The number of H-pyrrole nitrogens is 1. The molecule has 4 N–H and O–H groups in total. The molecule has 1 aromatic rings. The second kappa shape index (κ2) is 6.89.